The Hall–Kier alpha value is -2.04. The molecule has 2 aromatic carbocycles. The van der Waals surface area contributed by atoms with E-state index in [1.54, 1.807) is 18.2 Å². The quantitative estimate of drug-likeness (QED) is 0.693. The number of halogens is 2. The standard InChI is InChI=1S/C19H19Cl2NO3/c1-10(2)25-18-16(20)8-13(9-17(18)21)19(24)22-14-5-6-15(12(4)23)11(3)7-14/h5-10H,1-4H3,(H,22,24). The molecule has 0 fully saturated rings. The molecular weight excluding hydrogens is 361 g/mol. The van der Waals surface area contributed by atoms with E-state index in [9.17, 15) is 9.59 Å². The van der Waals surface area contributed by atoms with Gasteiger partial charge in [0.2, 0.25) is 0 Å². The van der Waals surface area contributed by atoms with Gasteiger partial charge in [0.05, 0.1) is 16.1 Å². The molecule has 0 aliphatic carbocycles. The van der Waals surface area contributed by atoms with Crippen LogP contribution < -0.4 is 10.1 Å². The van der Waals surface area contributed by atoms with Crippen molar-refractivity contribution in [2.24, 2.45) is 0 Å². The Morgan fingerprint density at radius 3 is 2.16 bits per heavy atom. The minimum Gasteiger partial charge on any atom is -0.488 e. The van der Waals surface area contributed by atoms with Crippen molar-refractivity contribution in [3.63, 3.8) is 0 Å². The summed E-state index contributed by atoms with van der Waals surface area (Å²) in [5, 5.41) is 3.32. The second-order valence-electron chi connectivity index (χ2n) is 5.98. The third kappa shape index (κ3) is 4.74. The molecule has 0 spiro atoms. The van der Waals surface area contributed by atoms with Crippen LogP contribution >= 0.6 is 23.2 Å². The molecule has 1 amide bonds. The lowest BCUT2D eigenvalue weighted by Crippen LogP contribution is -2.13. The minimum absolute atomic E-state index is 0.0188. The normalized spacial score (nSPS) is 10.7. The van der Waals surface area contributed by atoms with Crippen molar-refractivity contribution < 1.29 is 14.3 Å². The van der Waals surface area contributed by atoms with Crippen LogP contribution in [0.3, 0.4) is 0 Å². The van der Waals surface area contributed by atoms with E-state index in [2.05, 4.69) is 5.32 Å². The highest BCUT2D eigenvalue weighted by Crippen LogP contribution is 2.35. The van der Waals surface area contributed by atoms with Gasteiger partial charge in [-0.2, -0.15) is 0 Å². The summed E-state index contributed by atoms with van der Waals surface area (Å²) in [4.78, 5) is 23.9. The van der Waals surface area contributed by atoms with Gasteiger partial charge in [-0.05, 0) is 63.6 Å². The van der Waals surface area contributed by atoms with Crippen LogP contribution in [0.4, 0.5) is 5.69 Å². The number of ether oxygens (including phenoxy) is 1. The van der Waals surface area contributed by atoms with Gasteiger partial charge in [0.25, 0.3) is 5.91 Å². The van der Waals surface area contributed by atoms with Gasteiger partial charge in [0.15, 0.2) is 11.5 Å². The first-order valence-electron chi connectivity index (χ1n) is 7.77. The molecule has 0 aliphatic rings. The molecule has 0 radical (unpaired) electrons. The highest BCUT2D eigenvalue weighted by Gasteiger charge is 2.16. The van der Waals surface area contributed by atoms with Crippen LogP contribution in [0.1, 0.15) is 47.1 Å². The number of aryl methyl sites for hydroxylation is 1. The Balaban J connectivity index is 2.24. The van der Waals surface area contributed by atoms with E-state index in [1.165, 1.54) is 19.1 Å². The van der Waals surface area contributed by atoms with Crippen molar-refractivity contribution in [3.8, 4) is 5.75 Å². The third-order valence-electron chi connectivity index (χ3n) is 3.48. The first-order valence-corrected chi connectivity index (χ1v) is 8.53. The predicted octanol–water partition coefficient (Wildman–Crippen LogP) is 5.54. The maximum Gasteiger partial charge on any atom is 0.255 e. The summed E-state index contributed by atoms with van der Waals surface area (Å²) in [6.07, 6.45) is -0.0857. The monoisotopic (exact) mass is 379 g/mol. The van der Waals surface area contributed by atoms with Gasteiger partial charge < -0.3 is 10.1 Å². The predicted molar refractivity (Wildman–Crippen MR) is 101 cm³/mol. The van der Waals surface area contributed by atoms with Gasteiger partial charge in [-0.1, -0.05) is 23.2 Å². The van der Waals surface area contributed by atoms with E-state index < -0.39 is 0 Å². The molecule has 0 atom stereocenters. The van der Waals surface area contributed by atoms with Crippen LogP contribution in [-0.4, -0.2) is 17.8 Å². The van der Waals surface area contributed by atoms with Crippen molar-refractivity contribution in [2.75, 3.05) is 5.32 Å². The van der Waals surface area contributed by atoms with Crippen molar-refractivity contribution in [2.45, 2.75) is 33.8 Å². The number of benzene rings is 2. The van der Waals surface area contributed by atoms with Crippen LogP contribution in [-0.2, 0) is 0 Å². The fourth-order valence-corrected chi connectivity index (χ4v) is 2.96. The van der Waals surface area contributed by atoms with Crippen LogP contribution in [0.5, 0.6) is 5.75 Å². The highest BCUT2D eigenvalue weighted by molar-refractivity contribution is 6.37. The lowest BCUT2D eigenvalue weighted by Gasteiger charge is -2.14. The Kier molecular flexibility index (Phi) is 6.09. The summed E-state index contributed by atoms with van der Waals surface area (Å²) in [5.41, 5.74) is 2.32. The number of carbonyl (C=O) groups excluding carboxylic acids is 2. The molecule has 0 bridgehead atoms. The SMILES string of the molecule is CC(=O)c1ccc(NC(=O)c2cc(Cl)c(OC(C)C)c(Cl)c2)cc1C. The fraction of sp³-hybridized carbons (Fsp3) is 0.263. The highest BCUT2D eigenvalue weighted by atomic mass is 35.5. The molecule has 0 unspecified atom stereocenters. The Morgan fingerprint density at radius 1 is 1.08 bits per heavy atom. The molecule has 0 heterocycles. The summed E-state index contributed by atoms with van der Waals surface area (Å²) in [5.74, 6) is -0.0129. The number of carbonyl (C=O) groups is 2. The van der Waals surface area contributed by atoms with E-state index in [0.29, 0.717) is 22.6 Å². The maximum absolute atomic E-state index is 12.4. The Morgan fingerprint density at radius 2 is 1.68 bits per heavy atom. The molecule has 1 N–H and O–H groups in total. The second-order valence-corrected chi connectivity index (χ2v) is 6.79. The topological polar surface area (TPSA) is 55.4 Å². The number of hydrogen-bond donors (Lipinski definition) is 1. The molecule has 0 aromatic heterocycles. The molecule has 6 heteroatoms. The second kappa shape index (κ2) is 7.89. The number of rotatable bonds is 5. The van der Waals surface area contributed by atoms with E-state index in [4.69, 9.17) is 27.9 Å². The van der Waals surface area contributed by atoms with Gasteiger partial charge in [0.1, 0.15) is 0 Å². The molecule has 132 valence electrons. The van der Waals surface area contributed by atoms with E-state index in [0.717, 1.165) is 5.56 Å². The third-order valence-corrected chi connectivity index (χ3v) is 4.04. The zero-order valence-corrected chi connectivity index (χ0v) is 16.0. The van der Waals surface area contributed by atoms with Gasteiger partial charge in [-0.15, -0.1) is 0 Å². The van der Waals surface area contributed by atoms with E-state index in [1.807, 2.05) is 20.8 Å². The van der Waals surface area contributed by atoms with Gasteiger partial charge in [0, 0.05) is 16.8 Å². The lowest BCUT2D eigenvalue weighted by atomic mass is 10.0. The molecule has 0 saturated carbocycles. The first-order chi connectivity index (χ1) is 11.7. The average Bonchev–Trinajstić information content (AvgIpc) is 2.50. The first kappa shape index (κ1) is 19.3. The zero-order valence-electron chi connectivity index (χ0n) is 14.4. The molecule has 0 aliphatic heterocycles. The number of ketones is 1. The zero-order chi connectivity index (χ0) is 18.7. The van der Waals surface area contributed by atoms with E-state index in [-0.39, 0.29) is 27.8 Å². The molecule has 2 rings (SSSR count). The maximum atomic E-state index is 12.4. The van der Waals surface area contributed by atoms with Crippen LogP contribution in [0.2, 0.25) is 10.0 Å². The Labute approximate surface area is 157 Å². The van der Waals surface area contributed by atoms with Crippen molar-refractivity contribution >= 4 is 40.6 Å². The summed E-state index contributed by atoms with van der Waals surface area (Å²) in [6, 6.07) is 8.14. The van der Waals surface area contributed by atoms with Crippen LogP contribution in [0.25, 0.3) is 0 Å². The van der Waals surface area contributed by atoms with Crippen molar-refractivity contribution in [1.29, 1.82) is 0 Å². The van der Waals surface area contributed by atoms with E-state index >= 15 is 0 Å². The minimum atomic E-state index is -0.352. The fourth-order valence-electron chi connectivity index (χ4n) is 2.38. The number of hydrogen-bond acceptors (Lipinski definition) is 3. The number of nitrogens with one attached hydrogen (secondary N) is 1. The summed E-state index contributed by atoms with van der Waals surface area (Å²) < 4.78 is 5.55. The van der Waals surface area contributed by atoms with Gasteiger partial charge in [-0.25, -0.2) is 0 Å². The van der Waals surface area contributed by atoms with Crippen molar-refractivity contribution in [3.05, 3.63) is 57.1 Å². The summed E-state index contributed by atoms with van der Waals surface area (Å²) in [7, 11) is 0. The summed E-state index contributed by atoms with van der Waals surface area (Å²) >= 11 is 12.4. The van der Waals surface area contributed by atoms with Gasteiger partial charge in [-0.3, -0.25) is 9.59 Å². The average molecular weight is 380 g/mol. The summed E-state index contributed by atoms with van der Waals surface area (Å²) in [6.45, 7) is 7.05. The molecule has 25 heavy (non-hydrogen) atoms. The molecular formula is C19H19Cl2NO3. The van der Waals surface area contributed by atoms with Crippen molar-refractivity contribution in [1.82, 2.24) is 0 Å². The van der Waals surface area contributed by atoms with Gasteiger partial charge >= 0.3 is 0 Å². The van der Waals surface area contributed by atoms with Crippen LogP contribution in [0.15, 0.2) is 30.3 Å². The molecule has 2 aromatic rings. The number of Topliss-reactive ketones (excluding diaryl/α,β-unsaturated/α-hetero) is 1. The number of anilines is 1. The molecule has 0 saturated heterocycles. The lowest BCUT2D eigenvalue weighted by molar-refractivity contribution is 0.101. The largest absolute Gasteiger partial charge is 0.488 e. The number of amides is 1. The molecule has 4 nitrogen and oxygen atoms in total. The van der Waals surface area contributed by atoms with Crippen LogP contribution in [0, 0.1) is 6.92 Å². The smallest absolute Gasteiger partial charge is 0.255 e. The Bertz CT molecular complexity index is 808.